The van der Waals surface area contributed by atoms with Crippen LogP contribution in [0.15, 0.2) is 23.1 Å². The Morgan fingerprint density at radius 3 is 2.35 bits per heavy atom. The van der Waals surface area contributed by atoms with Gasteiger partial charge in [-0.1, -0.05) is 0 Å². The van der Waals surface area contributed by atoms with E-state index in [9.17, 15) is 8.42 Å². The first-order valence-corrected chi connectivity index (χ1v) is 9.34. The minimum absolute atomic E-state index is 0.0501. The lowest BCUT2D eigenvalue weighted by Crippen LogP contribution is -2.46. The summed E-state index contributed by atoms with van der Waals surface area (Å²) in [4.78, 5) is 2.47. The van der Waals surface area contributed by atoms with Gasteiger partial charge in [0.1, 0.15) is 16.4 Å². The van der Waals surface area contributed by atoms with Crippen molar-refractivity contribution in [2.75, 3.05) is 27.3 Å². The second-order valence-corrected chi connectivity index (χ2v) is 7.72. The number of sulfonamides is 1. The number of nitrogens with zero attached hydrogens (tertiary/aromatic N) is 1. The maximum atomic E-state index is 12.7. The van der Waals surface area contributed by atoms with E-state index in [4.69, 9.17) is 9.47 Å². The quantitative estimate of drug-likeness (QED) is 0.855. The molecular weight excluding hydrogens is 316 g/mol. The summed E-state index contributed by atoms with van der Waals surface area (Å²) in [6.45, 7) is 6.12. The highest BCUT2D eigenvalue weighted by Crippen LogP contribution is 2.28. The van der Waals surface area contributed by atoms with Crippen molar-refractivity contribution in [3.05, 3.63) is 18.2 Å². The number of benzene rings is 1. The van der Waals surface area contributed by atoms with E-state index in [-0.39, 0.29) is 10.9 Å². The van der Waals surface area contributed by atoms with E-state index in [1.165, 1.54) is 20.3 Å². The average molecular weight is 342 g/mol. The molecule has 1 N–H and O–H groups in total. The fourth-order valence-electron chi connectivity index (χ4n) is 2.81. The largest absolute Gasteiger partial charge is 0.497 e. The van der Waals surface area contributed by atoms with E-state index < -0.39 is 10.0 Å². The van der Waals surface area contributed by atoms with Crippen LogP contribution in [0.4, 0.5) is 0 Å². The van der Waals surface area contributed by atoms with E-state index in [0.29, 0.717) is 17.5 Å². The van der Waals surface area contributed by atoms with Gasteiger partial charge in [-0.25, -0.2) is 13.1 Å². The molecule has 0 unspecified atom stereocenters. The minimum Gasteiger partial charge on any atom is -0.497 e. The van der Waals surface area contributed by atoms with Gasteiger partial charge in [0, 0.05) is 18.2 Å². The van der Waals surface area contributed by atoms with E-state index in [1.54, 1.807) is 12.1 Å². The van der Waals surface area contributed by atoms with Gasteiger partial charge in [0.2, 0.25) is 10.0 Å². The molecule has 1 fully saturated rings. The molecule has 1 heterocycles. The third-order valence-corrected chi connectivity index (χ3v) is 5.78. The summed E-state index contributed by atoms with van der Waals surface area (Å²) in [5, 5.41) is 0. The Balaban J connectivity index is 2.13. The molecule has 130 valence electrons. The van der Waals surface area contributed by atoms with Gasteiger partial charge in [-0.05, 0) is 51.9 Å². The van der Waals surface area contributed by atoms with Gasteiger partial charge in [-0.2, -0.15) is 0 Å². The molecule has 6 nitrogen and oxygen atoms in total. The first-order valence-electron chi connectivity index (χ1n) is 7.85. The van der Waals surface area contributed by atoms with Gasteiger partial charge in [0.15, 0.2) is 0 Å². The highest BCUT2D eigenvalue weighted by Gasteiger charge is 2.27. The van der Waals surface area contributed by atoms with E-state index >= 15 is 0 Å². The molecule has 1 saturated heterocycles. The Hall–Kier alpha value is -1.31. The normalized spacial score (nSPS) is 17.4. The maximum Gasteiger partial charge on any atom is 0.244 e. The smallest absolute Gasteiger partial charge is 0.244 e. The standard InChI is InChI=1S/C16H26N2O4S/c1-12(2)18-9-7-13(8-10-18)17-23(19,20)16-11-14(21-3)5-6-15(16)22-4/h5-6,11-13,17H,7-10H2,1-4H3. The number of hydrogen-bond donors (Lipinski definition) is 1. The van der Waals surface area contributed by atoms with Crippen molar-refractivity contribution >= 4 is 10.0 Å². The fourth-order valence-corrected chi connectivity index (χ4v) is 4.30. The average Bonchev–Trinajstić information content (AvgIpc) is 2.54. The zero-order valence-electron chi connectivity index (χ0n) is 14.2. The number of nitrogens with one attached hydrogen (secondary N) is 1. The molecule has 0 bridgehead atoms. The van der Waals surface area contributed by atoms with Crippen molar-refractivity contribution in [2.45, 2.75) is 43.7 Å². The van der Waals surface area contributed by atoms with Crippen LogP contribution in [0.25, 0.3) is 0 Å². The second-order valence-electron chi connectivity index (χ2n) is 6.04. The molecule has 0 spiro atoms. The fraction of sp³-hybridized carbons (Fsp3) is 0.625. The lowest BCUT2D eigenvalue weighted by molar-refractivity contribution is 0.168. The molecule has 1 aromatic carbocycles. The van der Waals surface area contributed by atoms with Crippen LogP contribution in [0.5, 0.6) is 11.5 Å². The third kappa shape index (κ3) is 4.37. The maximum absolute atomic E-state index is 12.7. The van der Waals surface area contributed by atoms with Crippen LogP contribution < -0.4 is 14.2 Å². The predicted molar refractivity (Wildman–Crippen MR) is 89.6 cm³/mol. The number of methoxy groups -OCH3 is 2. The van der Waals surface area contributed by atoms with Crippen molar-refractivity contribution in [3.63, 3.8) is 0 Å². The Morgan fingerprint density at radius 1 is 1.17 bits per heavy atom. The number of ether oxygens (including phenoxy) is 2. The minimum atomic E-state index is -3.65. The van der Waals surface area contributed by atoms with E-state index in [1.807, 2.05) is 0 Å². The Bertz CT molecular complexity index is 623. The van der Waals surface area contributed by atoms with Crippen molar-refractivity contribution in [1.29, 1.82) is 0 Å². The summed E-state index contributed by atoms with van der Waals surface area (Å²) in [6.07, 6.45) is 1.62. The van der Waals surface area contributed by atoms with Crippen molar-refractivity contribution in [1.82, 2.24) is 9.62 Å². The first-order chi connectivity index (χ1) is 10.9. The summed E-state index contributed by atoms with van der Waals surface area (Å²) < 4.78 is 38.5. The molecule has 0 aliphatic carbocycles. The van der Waals surface area contributed by atoms with Crippen LogP contribution in [-0.2, 0) is 10.0 Å². The molecule has 1 aromatic rings. The van der Waals surface area contributed by atoms with Crippen LogP contribution in [0.1, 0.15) is 26.7 Å². The molecule has 7 heteroatoms. The van der Waals surface area contributed by atoms with Gasteiger partial charge >= 0.3 is 0 Å². The Morgan fingerprint density at radius 2 is 1.83 bits per heavy atom. The van der Waals surface area contributed by atoms with Crippen LogP contribution in [0.3, 0.4) is 0 Å². The number of piperidine rings is 1. The van der Waals surface area contributed by atoms with E-state index in [0.717, 1.165) is 25.9 Å². The van der Waals surface area contributed by atoms with Crippen molar-refractivity contribution in [3.8, 4) is 11.5 Å². The molecule has 1 aliphatic rings. The molecule has 0 aromatic heterocycles. The Labute approximate surface area is 138 Å². The van der Waals surface area contributed by atoms with Crippen molar-refractivity contribution < 1.29 is 17.9 Å². The molecule has 0 amide bonds. The molecule has 0 atom stereocenters. The summed E-state index contributed by atoms with van der Waals surface area (Å²) >= 11 is 0. The monoisotopic (exact) mass is 342 g/mol. The molecule has 23 heavy (non-hydrogen) atoms. The van der Waals surface area contributed by atoms with Gasteiger partial charge in [-0.3, -0.25) is 0 Å². The highest BCUT2D eigenvalue weighted by molar-refractivity contribution is 7.89. The van der Waals surface area contributed by atoms with Gasteiger partial charge in [0.25, 0.3) is 0 Å². The number of hydrogen-bond acceptors (Lipinski definition) is 5. The molecule has 0 saturated carbocycles. The highest BCUT2D eigenvalue weighted by atomic mass is 32.2. The molecule has 2 rings (SSSR count). The lowest BCUT2D eigenvalue weighted by atomic mass is 10.1. The lowest BCUT2D eigenvalue weighted by Gasteiger charge is -2.34. The molecular formula is C16H26N2O4S. The van der Waals surface area contributed by atoms with Crippen LogP contribution in [0, 0.1) is 0 Å². The topological polar surface area (TPSA) is 67.9 Å². The zero-order valence-corrected chi connectivity index (χ0v) is 15.0. The second kappa shape index (κ2) is 7.51. The van der Waals surface area contributed by atoms with Gasteiger partial charge in [0.05, 0.1) is 14.2 Å². The zero-order chi connectivity index (χ0) is 17.0. The van der Waals surface area contributed by atoms with E-state index in [2.05, 4.69) is 23.5 Å². The van der Waals surface area contributed by atoms with Crippen LogP contribution >= 0.6 is 0 Å². The predicted octanol–water partition coefficient (Wildman–Crippen LogP) is 1.85. The Kier molecular flexibility index (Phi) is 5.89. The molecule has 1 aliphatic heterocycles. The summed E-state index contributed by atoms with van der Waals surface area (Å²) in [5.74, 6) is 0.804. The summed E-state index contributed by atoms with van der Waals surface area (Å²) in [7, 11) is -0.679. The van der Waals surface area contributed by atoms with Crippen LogP contribution in [0.2, 0.25) is 0 Å². The number of likely N-dealkylation sites (tertiary alicyclic amines) is 1. The van der Waals surface area contributed by atoms with Crippen molar-refractivity contribution in [2.24, 2.45) is 0 Å². The summed E-state index contributed by atoms with van der Waals surface area (Å²) in [5.41, 5.74) is 0. The molecule has 0 radical (unpaired) electrons. The van der Waals surface area contributed by atoms with Gasteiger partial charge < -0.3 is 14.4 Å². The SMILES string of the molecule is COc1ccc(OC)c(S(=O)(=O)NC2CCN(C(C)C)CC2)c1. The third-order valence-electron chi connectivity index (χ3n) is 4.24. The van der Waals surface area contributed by atoms with Crippen LogP contribution in [-0.4, -0.2) is 52.7 Å². The van der Waals surface area contributed by atoms with Gasteiger partial charge in [-0.15, -0.1) is 0 Å². The summed E-state index contributed by atoms with van der Waals surface area (Å²) in [6, 6.07) is 5.22. The number of rotatable bonds is 6. The first kappa shape index (κ1) is 18.0.